The average Bonchev–Trinajstić information content (AvgIpc) is 3.20. The zero-order chi connectivity index (χ0) is 25.9. The number of anilines is 1. The highest BCUT2D eigenvalue weighted by molar-refractivity contribution is 6.99. The molecular formula is C27H34N4O4Si. The molecule has 1 aliphatic rings. The highest BCUT2D eigenvalue weighted by Crippen LogP contribution is 2.38. The van der Waals surface area contributed by atoms with Crippen molar-refractivity contribution in [3.63, 3.8) is 0 Å². The molecule has 8 nitrogen and oxygen atoms in total. The van der Waals surface area contributed by atoms with E-state index in [1.165, 1.54) is 21.9 Å². The molecule has 1 aliphatic heterocycles. The van der Waals surface area contributed by atoms with Gasteiger partial charge in [0, 0.05) is 26.6 Å². The lowest BCUT2D eigenvalue weighted by molar-refractivity contribution is -0.169. The molecule has 2 atom stereocenters. The van der Waals surface area contributed by atoms with E-state index in [0.717, 1.165) is 0 Å². The van der Waals surface area contributed by atoms with Crippen molar-refractivity contribution in [2.24, 2.45) is 0 Å². The molecule has 0 aliphatic carbocycles. The number of hydrogen-bond acceptors (Lipinski definition) is 6. The lowest BCUT2D eigenvalue weighted by atomic mass is 10.2. The van der Waals surface area contributed by atoms with Crippen molar-refractivity contribution in [3.8, 4) is 0 Å². The number of hydrogen-bond donors (Lipinski definition) is 1. The molecule has 3 aromatic rings. The third-order valence-corrected chi connectivity index (χ3v) is 11.6. The summed E-state index contributed by atoms with van der Waals surface area (Å²) >= 11 is 0. The Morgan fingerprint density at radius 2 is 1.67 bits per heavy atom. The normalized spacial score (nSPS) is 18.8. The predicted octanol–water partition coefficient (Wildman–Crippen LogP) is 2.91. The van der Waals surface area contributed by atoms with E-state index in [1.807, 2.05) is 19.2 Å². The Labute approximate surface area is 213 Å². The molecule has 0 unspecified atom stereocenters. The van der Waals surface area contributed by atoms with Gasteiger partial charge in [-0.15, -0.1) is 0 Å². The zero-order valence-electron chi connectivity index (χ0n) is 21.5. The summed E-state index contributed by atoms with van der Waals surface area (Å²) in [4.78, 5) is 33.9. The van der Waals surface area contributed by atoms with Gasteiger partial charge >= 0.3 is 5.69 Å². The van der Waals surface area contributed by atoms with Crippen molar-refractivity contribution >= 4 is 30.4 Å². The molecule has 1 N–H and O–H groups in total. The quantitative estimate of drug-likeness (QED) is 0.496. The van der Waals surface area contributed by atoms with E-state index >= 15 is 0 Å². The zero-order valence-corrected chi connectivity index (χ0v) is 22.5. The molecule has 0 spiro atoms. The third kappa shape index (κ3) is 5.19. The van der Waals surface area contributed by atoms with E-state index in [-0.39, 0.29) is 22.8 Å². The van der Waals surface area contributed by atoms with Gasteiger partial charge in [0.2, 0.25) is 5.91 Å². The van der Waals surface area contributed by atoms with Crippen LogP contribution in [0.5, 0.6) is 0 Å². The predicted molar refractivity (Wildman–Crippen MR) is 143 cm³/mol. The van der Waals surface area contributed by atoms with Gasteiger partial charge in [0.15, 0.2) is 6.23 Å². The SMILES string of the molecule is CC(=O)Nc1ccn([C@@H]2C[C@@H](CO[Si](c3ccccc3)(c3ccccc3)C(C)(C)C)N(C)O2)c(=O)n1. The molecule has 1 amide bonds. The van der Waals surface area contributed by atoms with Gasteiger partial charge in [-0.2, -0.15) is 10.0 Å². The number of carbonyl (C=O) groups is 1. The minimum atomic E-state index is -2.69. The highest BCUT2D eigenvalue weighted by atomic mass is 28.4. The van der Waals surface area contributed by atoms with E-state index in [1.54, 1.807) is 17.3 Å². The van der Waals surface area contributed by atoms with E-state index < -0.39 is 20.2 Å². The topological polar surface area (TPSA) is 85.7 Å². The van der Waals surface area contributed by atoms with Crippen molar-refractivity contribution in [3.05, 3.63) is 83.4 Å². The fourth-order valence-electron chi connectivity index (χ4n) is 4.90. The Morgan fingerprint density at radius 3 is 2.17 bits per heavy atom. The standard InChI is InChI=1S/C27H34N4O4Si/c1-20(32)28-24-16-17-31(26(33)29-24)25-18-21(30(5)35-25)19-34-36(27(2,3)4,22-12-8-6-9-13-22)23-14-10-7-11-15-23/h6-17,21,25H,18-19H2,1-5H3,(H,28,29,32,33)/t21-,25-/m0/s1. The maximum atomic E-state index is 12.6. The summed E-state index contributed by atoms with van der Waals surface area (Å²) in [5, 5.41) is 6.61. The maximum Gasteiger partial charge on any atom is 0.351 e. The number of benzene rings is 2. The van der Waals surface area contributed by atoms with Gasteiger partial charge in [0.1, 0.15) is 5.82 Å². The van der Waals surface area contributed by atoms with Crippen LogP contribution in [0.4, 0.5) is 5.82 Å². The van der Waals surface area contributed by atoms with Crippen LogP contribution in [-0.2, 0) is 14.1 Å². The van der Waals surface area contributed by atoms with Crippen LogP contribution >= 0.6 is 0 Å². The second-order valence-electron chi connectivity index (χ2n) is 10.2. The van der Waals surface area contributed by atoms with Crippen molar-refractivity contribution < 1.29 is 14.1 Å². The molecule has 36 heavy (non-hydrogen) atoms. The summed E-state index contributed by atoms with van der Waals surface area (Å²) in [6, 6.07) is 22.6. The first-order chi connectivity index (χ1) is 17.1. The average molecular weight is 507 g/mol. The van der Waals surface area contributed by atoms with E-state index in [0.29, 0.717) is 13.0 Å². The Bertz CT molecular complexity index is 1200. The minimum Gasteiger partial charge on any atom is -0.406 e. The van der Waals surface area contributed by atoms with Crippen molar-refractivity contribution in [2.45, 2.75) is 51.4 Å². The Hall–Kier alpha value is -3.11. The van der Waals surface area contributed by atoms with E-state index in [2.05, 4.69) is 79.6 Å². The number of hydroxylamine groups is 2. The van der Waals surface area contributed by atoms with Gasteiger partial charge in [-0.3, -0.25) is 14.2 Å². The largest absolute Gasteiger partial charge is 0.406 e. The van der Waals surface area contributed by atoms with Gasteiger partial charge in [-0.25, -0.2) is 4.79 Å². The fraction of sp³-hybridized carbons (Fsp3) is 0.370. The monoisotopic (exact) mass is 506 g/mol. The van der Waals surface area contributed by atoms with Gasteiger partial charge in [-0.1, -0.05) is 81.4 Å². The van der Waals surface area contributed by atoms with Crippen LogP contribution in [0.3, 0.4) is 0 Å². The molecular weight excluding hydrogens is 472 g/mol. The molecule has 9 heteroatoms. The fourth-order valence-corrected chi connectivity index (χ4v) is 9.50. The Kier molecular flexibility index (Phi) is 7.56. The lowest BCUT2D eigenvalue weighted by Crippen LogP contribution is -2.67. The summed E-state index contributed by atoms with van der Waals surface area (Å²) in [7, 11) is -0.821. The highest BCUT2D eigenvalue weighted by Gasteiger charge is 2.51. The smallest absolute Gasteiger partial charge is 0.351 e. The van der Waals surface area contributed by atoms with Crippen LogP contribution in [0.2, 0.25) is 5.04 Å². The van der Waals surface area contributed by atoms with Crippen LogP contribution in [0, 0.1) is 0 Å². The summed E-state index contributed by atoms with van der Waals surface area (Å²) < 4.78 is 8.51. The molecule has 1 aromatic heterocycles. The van der Waals surface area contributed by atoms with Crippen molar-refractivity contribution in [1.82, 2.24) is 14.6 Å². The number of nitrogens with zero attached hydrogens (tertiary/aromatic N) is 3. The van der Waals surface area contributed by atoms with Crippen LogP contribution in [-0.4, -0.2) is 48.5 Å². The molecule has 0 radical (unpaired) electrons. The van der Waals surface area contributed by atoms with Gasteiger partial charge in [0.25, 0.3) is 8.32 Å². The summed E-state index contributed by atoms with van der Waals surface area (Å²) in [6.07, 6.45) is 1.66. The minimum absolute atomic E-state index is 0.0569. The molecule has 2 heterocycles. The van der Waals surface area contributed by atoms with Crippen LogP contribution in [0.25, 0.3) is 0 Å². The first-order valence-corrected chi connectivity index (χ1v) is 14.0. The molecule has 4 rings (SSSR count). The van der Waals surface area contributed by atoms with Gasteiger partial charge < -0.3 is 9.74 Å². The summed E-state index contributed by atoms with van der Waals surface area (Å²) in [5.74, 6) is -0.0567. The molecule has 0 saturated carbocycles. The molecule has 2 aromatic carbocycles. The van der Waals surface area contributed by atoms with E-state index in [4.69, 9.17) is 9.26 Å². The maximum absolute atomic E-state index is 12.6. The van der Waals surface area contributed by atoms with Crippen molar-refractivity contribution in [2.75, 3.05) is 19.0 Å². The molecule has 1 saturated heterocycles. The number of carbonyl (C=O) groups excluding carboxylic acids is 1. The molecule has 190 valence electrons. The second kappa shape index (κ2) is 10.5. The lowest BCUT2D eigenvalue weighted by Gasteiger charge is -2.43. The molecule has 1 fully saturated rings. The number of aromatic nitrogens is 2. The van der Waals surface area contributed by atoms with Crippen molar-refractivity contribution in [1.29, 1.82) is 0 Å². The second-order valence-corrected chi connectivity index (χ2v) is 14.5. The number of amides is 1. The first-order valence-electron chi connectivity index (χ1n) is 12.1. The first kappa shape index (κ1) is 26.0. The van der Waals surface area contributed by atoms with E-state index in [9.17, 15) is 9.59 Å². The summed E-state index contributed by atoms with van der Waals surface area (Å²) in [5.41, 5.74) is -0.479. The third-order valence-electron chi connectivity index (χ3n) is 6.63. The van der Waals surface area contributed by atoms with Crippen LogP contribution < -0.4 is 21.4 Å². The van der Waals surface area contributed by atoms with Crippen LogP contribution in [0.15, 0.2) is 77.7 Å². The number of nitrogens with one attached hydrogen (secondary N) is 1. The Balaban J connectivity index is 1.60. The van der Waals surface area contributed by atoms with Crippen LogP contribution in [0.1, 0.15) is 40.3 Å². The molecule has 0 bridgehead atoms. The number of likely N-dealkylation sites (N-methyl/N-ethyl adjacent to an activating group) is 1. The number of rotatable bonds is 7. The Morgan fingerprint density at radius 1 is 1.08 bits per heavy atom. The van der Waals surface area contributed by atoms with Gasteiger partial charge in [0.05, 0.1) is 12.6 Å². The summed E-state index contributed by atoms with van der Waals surface area (Å²) in [6.45, 7) is 8.57. The van der Waals surface area contributed by atoms with Gasteiger partial charge in [-0.05, 0) is 21.5 Å².